The van der Waals surface area contributed by atoms with E-state index >= 15 is 0 Å². The molecule has 1 fully saturated rings. The van der Waals surface area contributed by atoms with Crippen LogP contribution in [0.4, 0.5) is 0 Å². The van der Waals surface area contributed by atoms with E-state index in [2.05, 4.69) is 9.97 Å². The number of halogens is 1. The molecule has 2 atom stereocenters. The highest BCUT2D eigenvalue weighted by Gasteiger charge is 2.42. The van der Waals surface area contributed by atoms with Gasteiger partial charge in [-0.1, -0.05) is 29.8 Å². The summed E-state index contributed by atoms with van der Waals surface area (Å²) in [5.41, 5.74) is 3.11. The Labute approximate surface area is 134 Å². The van der Waals surface area contributed by atoms with Crippen LogP contribution in [0.15, 0.2) is 36.8 Å². The molecule has 3 heterocycles. The summed E-state index contributed by atoms with van der Waals surface area (Å²) in [4.78, 5) is 23.4. The third kappa shape index (κ3) is 2.18. The van der Waals surface area contributed by atoms with Gasteiger partial charge >= 0.3 is 0 Å². The van der Waals surface area contributed by atoms with Crippen molar-refractivity contribution in [3.8, 4) is 0 Å². The quantitative estimate of drug-likeness (QED) is 0.856. The number of benzene rings is 1. The number of aromatic nitrogens is 2. The molecular weight excluding hydrogens is 298 g/mol. The fraction of sp³-hybridized carbons (Fsp3) is 0.353. The summed E-state index contributed by atoms with van der Waals surface area (Å²) >= 11 is 6.19. The van der Waals surface area contributed by atoms with Gasteiger partial charge in [-0.15, -0.1) is 0 Å². The summed E-state index contributed by atoms with van der Waals surface area (Å²) in [6.45, 7) is 0. The maximum Gasteiger partial charge on any atom is 0.227 e. The van der Waals surface area contributed by atoms with Crippen molar-refractivity contribution in [2.45, 2.75) is 37.8 Å². The second kappa shape index (κ2) is 5.36. The number of carbonyl (C=O) groups excluding carboxylic acids is 1. The number of amides is 1. The molecule has 5 heteroatoms. The average molecular weight is 314 g/mol. The third-order valence-electron chi connectivity index (χ3n) is 4.71. The lowest BCUT2D eigenvalue weighted by Crippen LogP contribution is -2.43. The van der Waals surface area contributed by atoms with Gasteiger partial charge in [0.25, 0.3) is 0 Å². The number of nitrogens with zero attached hydrogens (tertiary/aromatic N) is 3. The molecule has 2 aliphatic heterocycles. The van der Waals surface area contributed by atoms with E-state index in [0.717, 1.165) is 36.1 Å². The highest BCUT2D eigenvalue weighted by molar-refractivity contribution is 6.31. The molecule has 0 saturated carbocycles. The Hall–Kier alpha value is -1.94. The first-order valence-corrected chi connectivity index (χ1v) is 7.95. The van der Waals surface area contributed by atoms with Gasteiger partial charge in [-0.2, -0.15) is 0 Å². The molecule has 1 aromatic carbocycles. The Balaban J connectivity index is 1.61. The first kappa shape index (κ1) is 13.7. The predicted molar refractivity (Wildman–Crippen MR) is 83.5 cm³/mol. The molecule has 0 aliphatic carbocycles. The summed E-state index contributed by atoms with van der Waals surface area (Å²) < 4.78 is 0. The van der Waals surface area contributed by atoms with Crippen LogP contribution in [0, 0.1) is 0 Å². The number of carbonyl (C=O) groups is 1. The van der Waals surface area contributed by atoms with Crippen LogP contribution in [0.5, 0.6) is 0 Å². The summed E-state index contributed by atoms with van der Waals surface area (Å²) in [6, 6.07) is 7.95. The highest BCUT2D eigenvalue weighted by atomic mass is 35.5. The molecule has 0 N–H and O–H groups in total. The number of fused-ring (bicyclic) bond motifs is 4. The molecule has 22 heavy (non-hydrogen) atoms. The van der Waals surface area contributed by atoms with E-state index in [9.17, 15) is 4.79 Å². The molecule has 0 unspecified atom stereocenters. The maximum absolute atomic E-state index is 12.8. The van der Waals surface area contributed by atoms with Crippen molar-refractivity contribution in [3.05, 3.63) is 58.6 Å². The standard InChI is InChI=1S/C17H16ClN3O/c18-14-4-2-1-3-11(14)7-17(22)21-12-5-6-16(21)13-9-19-10-20-15(13)8-12/h1-4,9-10,12,16H,5-8H2/t12-,16+/m1/s1. The Morgan fingerprint density at radius 2 is 2.18 bits per heavy atom. The van der Waals surface area contributed by atoms with Crippen molar-refractivity contribution < 1.29 is 4.79 Å². The van der Waals surface area contributed by atoms with Crippen LogP contribution in [-0.2, 0) is 17.6 Å². The predicted octanol–water partition coefficient (Wildman–Crippen LogP) is 2.96. The lowest BCUT2D eigenvalue weighted by molar-refractivity contribution is -0.134. The molecule has 4 nitrogen and oxygen atoms in total. The van der Waals surface area contributed by atoms with Gasteiger partial charge in [0.05, 0.1) is 18.2 Å². The topological polar surface area (TPSA) is 46.1 Å². The van der Waals surface area contributed by atoms with Crippen molar-refractivity contribution in [3.63, 3.8) is 0 Å². The van der Waals surface area contributed by atoms with E-state index < -0.39 is 0 Å². The molecule has 1 amide bonds. The molecule has 112 valence electrons. The minimum absolute atomic E-state index is 0.130. The normalized spacial score (nSPS) is 22.5. The Bertz CT molecular complexity index is 733. The Morgan fingerprint density at radius 1 is 1.32 bits per heavy atom. The minimum Gasteiger partial charge on any atom is -0.332 e. The minimum atomic E-state index is 0.130. The van der Waals surface area contributed by atoms with Crippen LogP contribution in [-0.4, -0.2) is 26.8 Å². The number of hydrogen-bond donors (Lipinski definition) is 0. The summed E-state index contributed by atoms with van der Waals surface area (Å²) in [5.74, 6) is 0.148. The van der Waals surface area contributed by atoms with Crippen molar-refractivity contribution in [2.24, 2.45) is 0 Å². The van der Waals surface area contributed by atoms with Crippen LogP contribution in [0.25, 0.3) is 0 Å². The Kier molecular flexibility index (Phi) is 3.34. The molecule has 2 bridgehead atoms. The number of hydrogen-bond acceptors (Lipinski definition) is 3. The van der Waals surface area contributed by atoms with Gasteiger partial charge in [0.2, 0.25) is 5.91 Å². The SMILES string of the molecule is O=C(Cc1ccccc1Cl)N1[C@@H]2CC[C@H]1c1cncnc1C2. The van der Waals surface area contributed by atoms with Crippen LogP contribution in [0.2, 0.25) is 5.02 Å². The molecule has 0 radical (unpaired) electrons. The van der Waals surface area contributed by atoms with Crippen molar-refractivity contribution >= 4 is 17.5 Å². The average Bonchev–Trinajstić information content (AvgIpc) is 2.85. The highest BCUT2D eigenvalue weighted by Crippen LogP contribution is 2.43. The van der Waals surface area contributed by atoms with Crippen molar-refractivity contribution in [1.29, 1.82) is 0 Å². The third-order valence-corrected chi connectivity index (χ3v) is 5.07. The fourth-order valence-corrected chi connectivity index (χ4v) is 3.90. The van der Waals surface area contributed by atoms with Gasteiger partial charge in [0.1, 0.15) is 6.33 Å². The zero-order valence-electron chi connectivity index (χ0n) is 12.1. The first-order chi connectivity index (χ1) is 10.7. The monoisotopic (exact) mass is 313 g/mol. The van der Waals surface area contributed by atoms with E-state index in [0.29, 0.717) is 11.4 Å². The second-order valence-corrected chi connectivity index (χ2v) is 6.35. The smallest absolute Gasteiger partial charge is 0.227 e. The van der Waals surface area contributed by atoms with E-state index in [-0.39, 0.29) is 18.0 Å². The van der Waals surface area contributed by atoms with E-state index in [1.54, 1.807) is 6.33 Å². The van der Waals surface area contributed by atoms with Gasteiger partial charge in [0.15, 0.2) is 0 Å². The van der Waals surface area contributed by atoms with Crippen molar-refractivity contribution in [1.82, 2.24) is 14.9 Å². The Morgan fingerprint density at radius 3 is 3.05 bits per heavy atom. The first-order valence-electron chi connectivity index (χ1n) is 7.57. The molecule has 2 aliphatic rings. The van der Waals surface area contributed by atoms with E-state index in [4.69, 9.17) is 11.6 Å². The lowest BCUT2D eigenvalue weighted by atomic mass is 9.98. The van der Waals surface area contributed by atoms with Crippen LogP contribution >= 0.6 is 11.6 Å². The summed E-state index contributed by atoms with van der Waals surface area (Å²) in [7, 11) is 0. The lowest BCUT2D eigenvalue weighted by Gasteiger charge is -2.35. The van der Waals surface area contributed by atoms with Gasteiger partial charge in [0, 0.05) is 29.2 Å². The molecule has 1 aromatic heterocycles. The van der Waals surface area contributed by atoms with E-state index in [1.807, 2.05) is 35.4 Å². The van der Waals surface area contributed by atoms with Gasteiger partial charge in [-0.05, 0) is 24.5 Å². The molecule has 2 aromatic rings. The van der Waals surface area contributed by atoms with Gasteiger partial charge < -0.3 is 4.90 Å². The van der Waals surface area contributed by atoms with Crippen LogP contribution in [0.1, 0.15) is 35.7 Å². The molecule has 4 rings (SSSR count). The van der Waals surface area contributed by atoms with Crippen molar-refractivity contribution in [2.75, 3.05) is 0 Å². The van der Waals surface area contributed by atoms with Gasteiger partial charge in [-0.3, -0.25) is 4.79 Å². The fourth-order valence-electron chi connectivity index (χ4n) is 3.70. The number of rotatable bonds is 2. The molecule has 1 saturated heterocycles. The van der Waals surface area contributed by atoms with E-state index in [1.165, 1.54) is 0 Å². The van der Waals surface area contributed by atoms with Crippen LogP contribution in [0.3, 0.4) is 0 Å². The maximum atomic E-state index is 12.8. The largest absolute Gasteiger partial charge is 0.332 e. The zero-order valence-corrected chi connectivity index (χ0v) is 12.8. The summed E-state index contributed by atoms with van der Waals surface area (Å²) in [5, 5.41) is 0.656. The van der Waals surface area contributed by atoms with Gasteiger partial charge in [-0.25, -0.2) is 9.97 Å². The summed E-state index contributed by atoms with van der Waals surface area (Å²) in [6.07, 6.45) is 6.69. The van der Waals surface area contributed by atoms with Crippen LogP contribution < -0.4 is 0 Å². The molecular formula is C17H16ClN3O. The zero-order chi connectivity index (χ0) is 15.1. The second-order valence-electron chi connectivity index (χ2n) is 5.95. The molecule has 0 spiro atoms.